The number of benzene rings is 2. The van der Waals surface area contributed by atoms with Crippen LogP contribution in [0.2, 0.25) is 0 Å². The van der Waals surface area contributed by atoms with Gasteiger partial charge in [0.25, 0.3) is 0 Å². The topological polar surface area (TPSA) is 64.9 Å². The van der Waals surface area contributed by atoms with Crippen LogP contribution in [0.1, 0.15) is 11.5 Å². The molecule has 3 aromatic rings. The fourth-order valence-corrected chi connectivity index (χ4v) is 1.89. The monoisotopic (exact) mass is 269 g/mol. The van der Waals surface area contributed by atoms with Gasteiger partial charge in [0.15, 0.2) is 0 Å². The van der Waals surface area contributed by atoms with Gasteiger partial charge >= 0.3 is 0 Å². The Morgan fingerprint density at radius 1 is 1.05 bits per heavy atom. The molecule has 0 unspecified atom stereocenters. The molecular formula is C15H12FN3O. The Morgan fingerprint density at radius 2 is 1.80 bits per heavy atom. The van der Waals surface area contributed by atoms with Gasteiger partial charge in [-0.2, -0.15) is 4.98 Å². The van der Waals surface area contributed by atoms with Crippen LogP contribution in [0.15, 0.2) is 53.1 Å². The molecule has 0 radical (unpaired) electrons. The standard InChI is InChI=1S/C15H12FN3O/c16-13-4-2-1-3-12(13)15-18-14(20-19-15)9-10-5-7-11(17)8-6-10/h1-8H,9,17H2. The highest BCUT2D eigenvalue weighted by Gasteiger charge is 2.12. The molecule has 0 aliphatic heterocycles. The molecule has 0 amide bonds. The lowest BCUT2D eigenvalue weighted by Gasteiger charge is -1.97. The minimum Gasteiger partial charge on any atom is -0.399 e. The molecule has 5 heteroatoms. The summed E-state index contributed by atoms with van der Waals surface area (Å²) in [5.41, 5.74) is 7.66. The van der Waals surface area contributed by atoms with E-state index in [-0.39, 0.29) is 11.6 Å². The third kappa shape index (κ3) is 2.51. The van der Waals surface area contributed by atoms with Crippen LogP contribution in [-0.2, 0) is 6.42 Å². The molecule has 20 heavy (non-hydrogen) atoms. The van der Waals surface area contributed by atoms with Crippen LogP contribution < -0.4 is 5.73 Å². The van der Waals surface area contributed by atoms with Gasteiger partial charge in [-0.1, -0.05) is 29.4 Å². The summed E-state index contributed by atoms with van der Waals surface area (Å²) in [5, 5.41) is 3.81. The van der Waals surface area contributed by atoms with Crippen molar-refractivity contribution in [2.75, 3.05) is 5.73 Å². The van der Waals surface area contributed by atoms with Crippen LogP contribution in [0.5, 0.6) is 0 Å². The molecule has 0 aliphatic carbocycles. The summed E-state index contributed by atoms with van der Waals surface area (Å²) >= 11 is 0. The quantitative estimate of drug-likeness (QED) is 0.742. The Labute approximate surface area is 115 Å². The number of rotatable bonds is 3. The van der Waals surface area contributed by atoms with E-state index in [0.717, 1.165) is 5.56 Å². The molecule has 0 fully saturated rings. The second-order valence-electron chi connectivity index (χ2n) is 4.41. The van der Waals surface area contributed by atoms with E-state index < -0.39 is 0 Å². The van der Waals surface area contributed by atoms with Gasteiger partial charge in [0.05, 0.1) is 12.0 Å². The first-order chi connectivity index (χ1) is 9.72. The summed E-state index contributed by atoms with van der Waals surface area (Å²) in [4.78, 5) is 4.21. The zero-order chi connectivity index (χ0) is 13.9. The van der Waals surface area contributed by atoms with Crippen LogP contribution in [0.25, 0.3) is 11.4 Å². The van der Waals surface area contributed by atoms with E-state index in [0.29, 0.717) is 23.6 Å². The lowest BCUT2D eigenvalue weighted by atomic mass is 10.1. The van der Waals surface area contributed by atoms with Crippen molar-refractivity contribution in [2.45, 2.75) is 6.42 Å². The Bertz CT molecular complexity index is 722. The normalized spacial score (nSPS) is 10.7. The third-order valence-electron chi connectivity index (χ3n) is 2.92. The van der Waals surface area contributed by atoms with Crippen molar-refractivity contribution in [1.82, 2.24) is 10.1 Å². The van der Waals surface area contributed by atoms with Gasteiger partial charge in [-0.25, -0.2) is 4.39 Å². The van der Waals surface area contributed by atoms with Crippen molar-refractivity contribution in [3.8, 4) is 11.4 Å². The highest BCUT2D eigenvalue weighted by Crippen LogP contribution is 2.20. The number of hydrogen-bond acceptors (Lipinski definition) is 4. The van der Waals surface area contributed by atoms with Crippen molar-refractivity contribution in [2.24, 2.45) is 0 Å². The van der Waals surface area contributed by atoms with E-state index in [2.05, 4.69) is 10.1 Å². The van der Waals surface area contributed by atoms with Crippen LogP contribution in [0, 0.1) is 5.82 Å². The second-order valence-corrected chi connectivity index (χ2v) is 4.41. The van der Waals surface area contributed by atoms with E-state index >= 15 is 0 Å². The summed E-state index contributed by atoms with van der Waals surface area (Å²) < 4.78 is 18.8. The number of hydrogen-bond donors (Lipinski definition) is 1. The molecule has 4 nitrogen and oxygen atoms in total. The molecular weight excluding hydrogens is 257 g/mol. The van der Waals surface area contributed by atoms with Gasteiger partial charge < -0.3 is 10.3 Å². The van der Waals surface area contributed by atoms with E-state index in [1.54, 1.807) is 18.2 Å². The lowest BCUT2D eigenvalue weighted by Crippen LogP contribution is -1.91. The zero-order valence-corrected chi connectivity index (χ0v) is 10.6. The van der Waals surface area contributed by atoms with Crippen LogP contribution >= 0.6 is 0 Å². The highest BCUT2D eigenvalue weighted by atomic mass is 19.1. The van der Waals surface area contributed by atoms with E-state index in [1.807, 2.05) is 24.3 Å². The van der Waals surface area contributed by atoms with Crippen molar-refractivity contribution in [3.05, 3.63) is 65.8 Å². The minimum absolute atomic E-state index is 0.258. The summed E-state index contributed by atoms with van der Waals surface area (Å²) in [6.45, 7) is 0. The predicted molar refractivity (Wildman–Crippen MR) is 73.4 cm³/mol. The maximum absolute atomic E-state index is 13.6. The van der Waals surface area contributed by atoms with Crippen molar-refractivity contribution in [1.29, 1.82) is 0 Å². The maximum Gasteiger partial charge on any atom is 0.231 e. The first-order valence-electron chi connectivity index (χ1n) is 6.14. The minimum atomic E-state index is -0.368. The van der Waals surface area contributed by atoms with Crippen molar-refractivity contribution < 1.29 is 8.91 Å². The van der Waals surface area contributed by atoms with Crippen LogP contribution in [-0.4, -0.2) is 10.1 Å². The second kappa shape index (κ2) is 5.13. The number of halogens is 1. The number of nitrogens with two attached hydrogens (primary N) is 1. The smallest absolute Gasteiger partial charge is 0.231 e. The summed E-state index contributed by atoms with van der Waals surface area (Å²) in [6, 6.07) is 13.7. The largest absolute Gasteiger partial charge is 0.399 e. The molecule has 2 aromatic carbocycles. The maximum atomic E-state index is 13.6. The summed E-state index contributed by atoms with van der Waals surface area (Å²) in [5.74, 6) is 0.328. The third-order valence-corrected chi connectivity index (χ3v) is 2.92. The van der Waals surface area contributed by atoms with Gasteiger partial charge in [0.2, 0.25) is 11.7 Å². The van der Waals surface area contributed by atoms with Gasteiger partial charge in [-0.3, -0.25) is 0 Å². The molecule has 0 aliphatic rings. The number of aromatic nitrogens is 2. The fourth-order valence-electron chi connectivity index (χ4n) is 1.89. The SMILES string of the molecule is Nc1ccc(Cc2nc(-c3ccccc3F)no2)cc1. The molecule has 0 spiro atoms. The molecule has 2 N–H and O–H groups in total. The molecule has 0 atom stereocenters. The van der Waals surface area contributed by atoms with E-state index in [9.17, 15) is 4.39 Å². The van der Waals surface area contributed by atoms with Gasteiger partial charge in [0.1, 0.15) is 5.82 Å². The molecule has 1 aromatic heterocycles. The summed E-state index contributed by atoms with van der Waals surface area (Å²) in [6.07, 6.45) is 0.488. The first-order valence-corrected chi connectivity index (χ1v) is 6.14. The highest BCUT2D eigenvalue weighted by molar-refractivity contribution is 5.54. The van der Waals surface area contributed by atoms with E-state index in [4.69, 9.17) is 10.3 Å². The number of nitrogen functional groups attached to an aromatic ring is 1. The first kappa shape index (κ1) is 12.3. The fraction of sp³-hybridized carbons (Fsp3) is 0.0667. The molecule has 0 saturated heterocycles. The molecule has 1 heterocycles. The number of nitrogens with zero attached hydrogens (tertiary/aromatic N) is 2. The molecule has 100 valence electrons. The Morgan fingerprint density at radius 3 is 2.55 bits per heavy atom. The summed E-state index contributed by atoms with van der Waals surface area (Å²) in [7, 11) is 0. The number of anilines is 1. The Hall–Kier alpha value is -2.69. The van der Waals surface area contributed by atoms with Crippen molar-refractivity contribution >= 4 is 5.69 Å². The Kier molecular flexibility index (Phi) is 3.16. The lowest BCUT2D eigenvalue weighted by molar-refractivity contribution is 0.385. The molecule has 0 saturated carbocycles. The predicted octanol–water partition coefficient (Wildman–Crippen LogP) is 3.05. The average Bonchev–Trinajstić information content (AvgIpc) is 2.90. The van der Waals surface area contributed by atoms with Gasteiger partial charge in [-0.15, -0.1) is 0 Å². The van der Waals surface area contributed by atoms with Gasteiger partial charge in [-0.05, 0) is 29.8 Å². The van der Waals surface area contributed by atoms with E-state index in [1.165, 1.54) is 6.07 Å². The Balaban J connectivity index is 1.84. The van der Waals surface area contributed by atoms with Crippen LogP contribution in [0.4, 0.5) is 10.1 Å². The van der Waals surface area contributed by atoms with Crippen molar-refractivity contribution in [3.63, 3.8) is 0 Å². The van der Waals surface area contributed by atoms with Crippen LogP contribution in [0.3, 0.4) is 0 Å². The molecule has 3 rings (SSSR count). The van der Waals surface area contributed by atoms with Gasteiger partial charge in [0, 0.05) is 5.69 Å². The zero-order valence-electron chi connectivity index (χ0n) is 10.6. The average molecular weight is 269 g/mol. The molecule has 0 bridgehead atoms.